The number of hydrogen-bond donors (Lipinski definition) is 1. The van der Waals surface area contributed by atoms with Crippen molar-refractivity contribution in [3.63, 3.8) is 0 Å². The van der Waals surface area contributed by atoms with Gasteiger partial charge in [-0.25, -0.2) is 0 Å². The lowest BCUT2D eigenvalue weighted by atomic mass is 9.42. The number of carbonyl (C=O) groups is 1. The molecule has 0 spiro atoms. The van der Waals surface area contributed by atoms with Crippen LogP contribution in [0.15, 0.2) is 12.3 Å². The van der Waals surface area contributed by atoms with Crippen molar-refractivity contribution in [1.82, 2.24) is 9.78 Å². The lowest BCUT2D eigenvalue weighted by Gasteiger charge is -2.63. The van der Waals surface area contributed by atoms with Crippen molar-refractivity contribution in [1.29, 1.82) is 5.26 Å². The molecule has 0 amide bonds. The first kappa shape index (κ1) is 24.6. The van der Waals surface area contributed by atoms with Gasteiger partial charge in [0.05, 0.1) is 18.8 Å². The molecule has 0 bridgehead atoms. The van der Waals surface area contributed by atoms with E-state index in [9.17, 15) is 9.90 Å². The molecule has 6 nitrogen and oxygen atoms in total. The molecule has 5 aliphatic rings. The fourth-order valence-corrected chi connectivity index (χ4v) is 10.2. The Labute approximate surface area is 215 Å². The Morgan fingerprint density at radius 3 is 2.67 bits per heavy atom. The molecule has 0 aliphatic heterocycles. The number of nitriles is 1. The van der Waals surface area contributed by atoms with Gasteiger partial charge in [-0.2, -0.15) is 10.4 Å². The number of Topliss-reactive ketones (excluding diaryl/α,β-unsaturated/α-hetero) is 1. The number of hydrogen-bond acceptors (Lipinski definition) is 5. The number of ketones is 1. The fraction of sp³-hybridized carbons (Fsp3) is 0.833. The third-order valence-corrected chi connectivity index (χ3v) is 11.8. The summed E-state index contributed by atoms with van der Waals surface area (Å²) in [7, 11) is 0. The molecule has 0 saturated heterocycles. The van der Waals surface area contributed by atoms with Gasteiger partial charge < -0.3 is 9.84 Å². The highest BCUT2D eigenvalue weighted by Crippen LogP contribution is 2.72. The third kappa shape index (κ3) is 3.79. The van der Waals surface area contributed by atoms with E-state index in [4.69, 9.17) is 10.00 Å². The maximum absolute atomic E-state index is 13.5. The molecule has 5 saturated carbocycles. The van der Waals surface area contributed by atoms with Crippen LogP contribution in [0.2, 0.25) is 0 Å². The second-order valence-corrected chi connectivity index (χ2v) is 13.3. The summed E-state index contributed by atoms with van der Waals surface area (Å²) < 4.78 is 7.38. The van der Waals surface area contributed by atoms with Crippen LogP contribution in [0, 0.1) is 57.7 Å². The van der Waals surface area contributed by atoms with Crippen molar-refractivity contribution < 1.29 is 14.6 Å². The second-order valence-electron chi connectivity index (χ2n) is 13.3. The van der Waals surface area contributed by atoms with Gasteiger partial charge in [-0.1, -0.05) is 6.92 Å². The summed E-state index contributed by atoms with van der Waals surface area (Å²) in [5, 5.41) is 24.7. The van der Waals surface area contributed by atoms with E-state index < -0.39 is 5.60 Å². The van der Waals surface area contributed by atoms with Crippen molar-refractivity contribution >= 4 is 5.78 Å². The largest absolute Gasteiger partial charge is 0.387 e. The molecule has 5 aliphatic carbocycles. The molecular formula is C30H43N3O3. The average molecular weight is 494 g/mol. The summed E-state index contributed by atoms with van der Waals surface area (Å²) in [6, 6.07) is 3.75. The van der Waals surface area contributed by atoms with E-state index in [0.29, 0.717) is 41.9 Å². The molecule has 1 N–H and O–H groups in total. The predicted octanol–water partition coefficient (Wildman–Crippen LogP) is 5.14. The van der Waals surface area contributed by atoms with Crippen LogP contribution in [0.25, 0.3) is 0 Å². The van der Waals surface area contributed by atoms with E-state index in [1.54, 1.807) is 16.9 Å². The quantitative estimate of drug-likeness (QED) is 0.568. The maximum atomic E-state index is 13.5. The number of carbonyl (C=O) groups excluding carboxylic acids is 1. The number of aromatic nitrogens is 2. The van der Waals surface area contributed by atoms with Gasteiger partial charge in [0, 0.05) is 18.7 Å². The number of aliphatic hydroxyl groups is 1. The monoisotopic (exact) mass is 493 g/mol. The predicted molar refractivity (Wildman–Crippen MR) is 136 cm³/mol. The summed E-state index contributed by atoms with van der Waals surface area (Å²) in [6.45, 7) is 5.89. The number of rotatable bonds is 7. The van der Waals surface area contributed by atoms with Crippen molar-refractivity contribution in [2.24, 2.45) is 46.3 Å². The van der Waals surface area contributed by atoms with Gasteiger partial charge in [-0.15, -0.1) is 0 Å². The van der Waals surface area contributed by atoms with Crippen LogP contribution < -0.4 is 0 Å². The minimum atomic E-state index is -0.641. The van der Waals surface area contributed by atoms with Gasteiger partial charge in [-0.3, -0.25) is 9.48 Å². The molecule has 6 heteroatoms. The molecule has 0 unspecified atom stereocenters. The summed E-state index contributed by atoms with van der Waals surface area (Å²) in [5.74, 6) is 4.01. The second kappa shape index (κ2) is 8.95. The number of nitrogens with zero attached hydrogens (tertiary/aromatic N) is 3. The Morgan fingerprint density at radius 2 is 1.94 bits per heavy atom. The SMILES string of the molecule is CCOC[C@@]1(O)CC[C@@]2(C3CC3)[C@H](CC[C@H]3[C@@H]4CC[C@H](C(=O)Cn5ccc(C#N)n5)[C@@]4(C)CC[C@@H]32)C1. The molecule has 0 radical (unpaired) electrons. The van der Waals surface area contributed by atoms with E-state index in [0.717, 1.165) is 43.4 Å². The Hall–Kier alpha value is -1.71. The molecule has 1 aromatic heterocycles. The summed E-state index contributed by atoms with van der Waals surface area (Å²) in [4.78, 5) is 13.5. The van der Waals surface area contributed by atoms with Crippen LogP contribution in [-0.2, 0) is 16.1 Å². The van der Waals surface area contributed by atoms with Crippen molar-refractivity contribution in [3.8, 4) is 6.07 Å². The molecule has 196 valence electrons. The van der Waals surface area contributed by atoms with Gasteiger partial charge in [0.15, 0.2) is 11.5 Å². The van der Waals surface area contributed by atoms with E-state index in [1.165, 1.54) is 44.9 Å². The Morgan fingerprint density at radius 1 is 1.14 bits per heavy atom. The highest BCUT2D eigenvalue weighted by atomic mass is 16.5. The summed E-state index contributed by atoms with van der Waals surface area (Å²) in [6.07, 6.45) is 14.6. The van der Waals surface area contributed by atoms with Crippen LogP contribution in [0.5, 0.6) is 0 Å². The van der Waals surface area contributed by atoms with E-state index in [1.807, 2.05) is 6.92 Å². The molecule has 8 atom stereocenters. The van der Waals surface area contributed by atoms with E-state index in [-0.39, 0.29) is 17.9 Å². The van der Waals surface area contributed by atoms with Gasteiger partial charge in [-0.05, 0) is 124 Å². The summed E-state index contributed by atoms with van der Waals surface area (Å²) in [5.41, 5.74) is 0.234. The summed E-state index contributed by atoms with van der Waals surface area (Å²) >= 11 is 0. The maximum Gasteiger partial charge on any atom is 0.162 e. The minimum Gasteiger partial charge on any atom is -0.387 e. The molecule has 5 fully saturated rings. The zero-order valence-electron chi connectivity index (χ0n) is 22.1. The number of ether oxygens (including phenoxy) is 1. The molecule has 0 aromatic carbocycles. The molecule has 6 rings (SSSR count). The highest BCUT2D eigenvalue weighted by Gasteiger charge is 2.66. The van der Waals surface area contributed by atoms with Crippen molar-refractivity contribution in [3.05, 3.63) is 18.0 Å². The Kier molecular flexibility index (Phi) is 6.12. The van der Waals surface area contributed by atoms with Crippen LogP contribution in [0.3, 0.4) is 0 Å². The zero-order chi connectivity index (χ0) is 25.1. The normalized spacial score (nSPS) is 43.8. The lowest BCUT2D eigenvalue weighted by Crippen LogP contribution is -2.59. The van der Waals surface area contributed by atoms with Crippen LogP contribution in [0.4, 0.5) is 0 Å². The van der Waals surface area contributed by atoms with Gasteiger partial charge in [0.1, 0.15) is 6.07 Å². The van der Waals surface area contributed by atoms with E-state index in [2.05, 4.69) is 18.1 Å². The molecule has 1 aromatic rings. The van der Waals surface area contributed by atoms with Crippen LogP contribution >= 0.6 is 0 Å². The zero-order valence-corrected chi connectivity index (χ0v) is 22.1. The minimum absolute atomic E-state index is 0.0887. The first-order chi connectivity index (χ1) is 17.3. The smallest absolute Gasteiger partial charge is 0.162 e. The van der Waals surface area contributed by atoms with E-state index >= 15 is 0 Å². The highest BCUT2D eigenvalue weighted by molar-refractivity contribution is 5.82. The van der Waals surface area contributed by atoms with Gasteiger partial charge >= 0.3 is 0 Å². The lowest BCUT2D eigenvalue weighted by molar-refractivity contribution is -0.180. The topological polar surface area (TPSA) is 88.1 Å². The molecule has 1 heterocycles. The fourth-order valence-electron chi connectivity index (χ4n) is 10.2. The molecular weight excluding hydrogens is 450 g/mol. The molecule has 36 heavy (non-hydrogen) atoms. The van der Waals surface area contributed by atoms with Crippen LogP contribution in [-0.4, -0.2) is 39.5 Å². The van der Waals surface area contributed by atoms with Crippen molar-refractivity contribution in [2.45, 2.75) is 96.6 Å². The van der Waals surface area contributed by atoms with Gasteiger partial charge in [0.2, 0.25) is 0 Å². The number of fused-ring (bicyclic) bond motifs is 5. The average Bonchev–Trinajstić information content (AvgIpc) is 3.53. The Bertz CT molecular complexity index is 1040. The van der Waals surface area contributed by atoms with Gasteiger partial charge in [0.25, 0.3) is 0 Å². The first-order valence-electron chi connectivity index (χ1n) is 14.6. The Balaban J connectivity index is 1.21. The first-order valence-corrected chi connectivity index (χ1v) is 14.6. The third-order valence-electron chi connectivity index (χ3n) is 11.8. The van der Waals surface area contributed by atoms with Crippen molar-refractivity contribution in [2.75, 3.05) is 13.2 Å². The standard InChI is InChI=1S/C30H43N3O3/c1-3-36-19-29(35)13-14-30(20-4-5-20)21(16-29)6-7-23-24-8-9-26(28(24,2)12-10-25(23)30)27(34)18-33-15-11-22(17-31)32-33/h11,15,20-21,23-26,35H,3-10,12-14,16,18-19H2,1-2H3/t21-,23+,24+,25+,26-,28+,29-,30-/m1/s1. The van der Waals surface area contributed by atoms with Crippen LogP contribution in [0.1, 0.15) is 90.2 Å².